The largest absolute Gasteiger partial charge is 0.726 e. The minimum atomic E-state index is -4.41. The Labute approximate surface area is 125 Å². The molecule has 0 unspecified atom stereocenters. The van der Waals surface area contributed by atoms with Crippen molar-refractivity contribution in [3.05, 3.63) is 29.6 Å². The van der Waals surface area contributed by atoms with Gasteiger partial charge < -0.3 is 4.55 Å². The first-order chi connectivity index (χ1) is 9.88. The number of hydrogen-bond donors (Lipinski definition) is 0. The molecule has 0 saturated heterocycles. The first kappa shape index (κ1) is 18.4. The van der Waals surface area contributed by atoms with Crippen molar-refractivity contribution in [3.63, 3.8) is 0 Å². The highest BCUT2D eigenvalue weighted by atomic mass is 32.3. The Morgan fingerprint density at radius 2 is 1.82 bits per heavy atom. The van der Waals surface area contributed by atoms with Crippen LogP contribution in [0.25, 0.3) is 11.0 Å². The van der Waals surface area contributed by atoms with Crippen LogP contribution in [0.4, 0.5) is 13.2 Å². The Morgan fingerprint density at radius 1 is 1.32 bits per heavy atom. The highest BCUT2D eigenvalue weighted by Crippen LogP contribution is 2.29. The van der Waals surface area contributed by atoms with Crippen molar-refractivity contribution in [2.24, 2.45) is 14.1 Å². The van der Waals surface area contributed by atoms with Crippen molar-refractivity contribution in [1.29, 1.82) is 0 Å². The van der Waals surface area contributed by atoms with E-state index in [1.54, 1.807) is 12.1 Å². The Bertz CT molecular complexity index is 782. The van der Waals surface area contributed by atoms with E-state index in [-0.39, 0.29) is 0 Å². The highest BCUT2D eigenvalue weighted by Gasteiger charge is 2.45. The van der Waals surface area contributed by atoms with Crippen molar-refractivity contribution in [2.75, 3.05) is 7.11 Å². The number of rotatable bonds is 1. The molecule has 0 aliphatic rings. The van der Waals surface area contributed by atoms with Gasteiger partial charge in [-0.1, -0.05) is 6.07 Å². The molecular formula is C12H15F3N2O4S. The molecule has 2 rings (SSSR count). The fourth-order valence-electron chi connectivity index (χ4n) is 2.02. The van der Waals surface area contributed by atoms with Crippen LogP contribution in [0.3, 0.4) is 0 Å². The van der Waals surface area contributed by atoms with Gasteiger partial charge in [0.05, 0.1) is 21.2 Å². The highest BCUT2D eigenvalue weighted by molar-refractivity contribution is 7.80. The minimum absolute atomic E-state index is 0.584. The smallest absolute Gasteiger partial charge is 0.495 e. The standard InChI is InChI=1S/C11H12F3N2.CH4O4S/c1-7-4-5-8-9(6-7)16(3)10(15(8)2)11(12,13)14;1-5-6(2,3)4/h4-6H,1-3H3;1H3,(H,2,3,4)/q+1;/p-1. The molecule has 0 spiro atoms. The number of fused-ring (bicyclic) bond motifs is 1. The summed E-state index contributed by atoms with van der Waals surface area (Å²) in [5, 5.41) is 0. The molecule has 0 aliphatic heterocycles. The number of halogens is 3. The number of alkyl halides is 3. The molecule has 1 aromatic heterocycles. The van der Waals surface area contributed by atoms with Crippen molar-refractivity contribution in [1.82, 2.24) is 4.57 Å². The molecule has 0 bridgehead atoms. The number of imidazole rings is 1. The molecule has 0 atom stereocenters. The topological polar surface area (TPSA) is 75.2 Å². The van der Waals surface area contributed by atoms with E-state index in [0.717, 1.165) is 12.7 Å². The molecule has 0 amide bonds. The molecule has 2 aromatic rings. The molecule has 0 radical (unpaired) electrons. The van der Waals surface area contributed by atoms with Gasteiger partial charge in [0.2, 0.25) is 10.4 Å². The normalized spacial score (nSPS) is 12.2. The van der Waals surface area contributed by atoms with E-state index in [4.69, 9.17) is 0 Å². The third kappa shape index (κ3) is 4.18. The van der Waals surface area contributed by atoms with Crippen LogP contribution in [-0.4, -0.2) is 24.6 Å². The fraction of sp³-hybridized carbons (Fsp3) is 0.417. The molecule has 0 aliphatic carbocycles. The van der Waals surface area contributed by atoms with Crippen molar-refractivity contribution in [3.8, 4) is 0 Å². The second kappa shape index (κ2) is 6.23. The van der Waals surface area contributed by atoms with Gasteiger partial charge in [-0.25, -0.2) is 17.6 Å². The molecule has 0 N–H and O–H groups in total. The molecule has 0 fully saturated rings. The summed E-state index contributed by atoms with van der Waals surface area (Å²) < 4.78 is 71.8. The lowest BCUT2D eigenvalue weighted by Gasteiger charge is -2.01. The van der Waals surface area contributed by atoms with E-state index >= 15 is 0 Å². The summed E-state index contributed by atoms with van der Waals surface area (Å²) in [5.74, 6) is -0.645. The maximum atomic E-state index is 12.8. The van der Waals surface area contributed by atoms with E-state index in [0.29, 0.717) is 11.0 Å². The summed E-state index contributed by atoms with van der Waals surface area (Å²) in [6, 6.07) is 5.27. The Morgan fingerprint density at radius 3 is 2.23 bits per heavy atom. The quantitative estimate of drug-likeness (QED) is 0.447. The minimum Gasteiger partial charge on any atom is -0.726 e. The Kier molecular flexibility index (Phi) is 5.21. The maximum Gasteiger partial charge on any atom is 0.495 e. The van der Waals surface area contributed by atoms with Gasteiger partial charge in [0.1, 0.15) is 0 Å². The van der Waals surface area contributed by atoms with Crippen LogP contribution in [0.1, 0.15) is 11.4 Å². The van der Waals surface area contributed by atoms with Crippen LogP contribution in [0.5, 0.6) is 0 Å². The number of aryl methyl sites for hydroxylation is 3. The van der Waals surface area contributed by atoms with Crippen molar-refractivity contribution < 1.29 is 34.9 Å². The van der Waals surface area contributed by atoms with Crippen LogP contribution >= 0.6 is 0 Å². The average Bonchev–Trinajstić information content (AvgIpc) is 2.60. The van der Waals surface area contributed by atoms with Gasteiger partial charge in [-0.2, -0.15) is 13.2 Å². The lowest BCUT2D eigenvalue weighted by atomic mass is 10.2. The summed E-state index contributed by atoms with van der Waals surface area (Å²) >= 11 is 0. The summed E-state index contributed by atoms with van der Waals surface area (Å²) in [6.45, 7) is 1.86. The predicted octanol–water partition coefficient (Wildman–Crippen LogP) is 1.42. The number of nitrogens with zero attached hydrogens (tertiary/aromatic N) is 2. The summed E-state index contributed by atoms with van der Waals surface area (Å²) in [4.78, 5) is 0. The lowest BCUT2D eigenvalue weighted by molar-refractivity contribution is -0.667. The van der Waals surface area contributed by atoms with Crippen LogP contribution in [0, 0.1) is 6.92 Å². The number of aromatic nitrogens is 2. The molecule has 22 heavy (non-hydrogen) atoms. The number of hydrogen-bond acceptors (Lipinski definition) is 4. The zero-order valence-corrected chi connectivity index (χ0v) is 13.1. The zero-order valence-electron chi connectivity index (χ0n) is 12.3. The van der Waals surface area contributed by atoms with Crippen molar-refractivity contribution >= 4 is 21.4 Å². The second-order valence-corrected chi connectivity index (χ2v) is 5.66. The summed E-state index contributed by atoms with van der Waals surface area (Å²) in [5.41, 5.74) is 2.12. The van der Waals surface area contributed by atoms with E-state index in [9.17, 15) is 26.1 Å². The molecule has 124 valence electrons. The number of benzene rings is 1. The molecule has 10 heteroatoms. The Balaban J connectivity index is 0.000000346. The molecule has 6 nitrogen and oxygen atoms in total. The van der Waals surface area contributed by atoms with E-state index in [2.05, 4.69) is 4.18 Å². The van der Waals surface area contributed by atoms with Crippen LogP contribution < -0.4 is 4.57 Å². The molecule has 1 heterocycles. The molecule has 1 aromatic carbocycles. The average molecular weight is 340 g/mol. The van der Waals surface area contributed by atoms with Gasteiger partial charge in [-0.15, -0.1) is 0 Å². The van der Waals surface area contributed by atoms with E-state index < -0.39 is 22.4 Å². The SMILES string of the molecule is COS(=O)(=O)[O-].Cc1ccc2c(c1)n(C)c(C(F)(F)F)[n+]2C. The lowest BCUT2D eigenvalue weighted by Crippen LogP contribution is -2.37. The maximum absolute atomic E-state index is 12.8. The van der Waals surface area contributed by atoms with Gasteiger partial charge in [0.25, 0.3) is 0 Å². The summed E-state index contributed by atoms with van der Waals surface area (Å²) in [7, 11) is -0.738. The zero-order chi connectivity index (χ0) is 17.3. The molecule has 0 saturated carbocycles. The molecular weight excluding hydrogens is 325 g/mol. The monoisotopic (exact) mass is 340 g/mol. The first-order valence-electron chi connectivity index (χ1n) is 5.92. The fourth-order valence-corrected chi connectivity index (χ4v) is 2.02. The van der Waals surface area contributed by atoms with Gasteiger partial charge in [0.15, 0.2) is 11.0 Å². The third-order valence-corrected chi connectivity index (χ3v) is 3.35. The summed E-state index contributed by atoms with van der Waals surface area (Å²) in [6.07, 6.45) is -4.34. The van der Waals surface area contributed by atoms with Gasteiger partial charge in [-0.05, 0) is 24.6 Å². The van der Waals surface area contributed by atoms with E-state index in [1.807, 2.05) is 13.0 Å². The van der Waals surface area contributed by atoms with E-state index in [1.165, 1.54) is 23.2 Å². The Hall–Kier alpha value is -1.65. The van der Waals surface area contributed by atoms with Gasteiger partial charge in [-0.3, -0.25) is 4.18 Å². The van der Waals surface area contributed by atoms with Gasteiger partial charge in [0, 0.05) is 0 Å². The van der Waals surface area contributed by atoms with Crippen LogP contribution in [-0.2, 0) is 34.9 Å². The predicted molar refractivity (Wildman–Crippen MR) is 70.5 cm³/mol. The second-order valence-electron chi connectivity index (χ2n) is 4.51. The van der Waals surface area contributed by atoms with Crippen LogP contribution in [0.2, 0.25) is 0 Å². The van der Waals surface area contributed by atoms with Crippen molar-refractivity contribution in [2.45, 2.75) is 13.1 Å². The van der Waals surface area contributed by atoms with Crippen LogP contribution in [0.15, 0.2) is 18.2 Å². The first-order valence-corrected chi connectivity index (χ1v) is 7.25. The third-order valence-electron chi connectivity index (χ3n) is 2.95. The van der Waals surface area contributed by atoms with Gasteiger partial charge >= 0.3 is 12.0 Å².